The van der Waals surface area contributed by atoms with Crippen LogP contribution in [-0.2, 0) is 14.3 Å². The van der Waals surface area contributed by atoms with Gasteiger partial charge < -0.3 is 9.84 Å². The smallest absolute Gasteiger partial charge is 0.310 e. The van der Waals surface area contributed by atoms with Crippen LogP contribution in [0, 0.1) is 11.8 Å². The molecule has 0 bridgehead atoms. The highest BCUT2D eigenvalue weighted by Gasteiger charge is 2.53. The normalized spacial score (nSPS) is 28.7. The van der Waals surface area contributed by atoms with Crippen molar-refractivity contribution in [2.45, 2.75) is 25.7 Å². The summed E-state index contributed by atoms with van der Waals surface area (Å²) < 4.78 is 30.4. The molecule has 1 aliphatic carbocycles. The van der Waals surface area contributed by atoms with E-state index in [9.17, 15) is 18.4 Å². The Morgan fingerprint density at radius 1 is 1.40 bits per heavy atom. The first-order valence-electron chi connectivity index (χ1n) is 4.64. The van der Waals surface area contributed by atoms with E-state index < -0.39 is 42.5 Å². The van der Waals surface area contributed by atoms with Crippen LogP contribution in [0.3, 0.4) is 0 Å². The minimum Gasteiger partial charge on any atom is -0.481 e. The van der Waals surface area contributed by atoms with Gasteiger partial charge in [0.05, 0.1) is 18.4 Å². The number of carboxylic acids is 1. The van der Waals surface area contributed by atoms with Gasteiger partial charge in [0, 0.05) is 12.8 Å². The highest BCUT2D eigenvalue weighted by molar-refractivity contribution is 5.82. The lowest BCUT2D eigenvalue weighted by Gasteiger charge is -2.12. The molecule has 0 aromatic carbocycles. The average Bonchev–Trinajstić information content (AvgIpc) is 2.42. The molecule has 0 amide bonds. The van der Waals surface area contributed by atoms with Gasteiger partial charge in [0.1, 0.15) is 0 Å². The summed E-state index contributed by atoms with van der Waals surface area (Å²) in [5.41, 5.74) is 0. The van der Waals surface area contributed by atoms with Gasteiger partial charge in [-0.05, 0) is 6.92 Å². The molecule has 15 heavy (non-hydrogen) atoms. The van der Waals surface area contributed by atoms with Crippen LogP contribution in [0.4, 0.5) is 8.78 Å². The van der Waals surface area contributed by atoms with Gasteiger partial charge in [-0.3, -0.25) is 9.59 Å². The van der Waals surface area contributed by atoms with Gasteiger partial charge >= 0.3 is 11.9 Å². The molecule has 0 aromatic rings. The third-order valence-corrected chi connectivity index (χ3v) is 2.43. The first-order chi connectivity index (χ1) is 6.87. The molecule has 1 rings (SSSR count). The Hall–Kier alpha value is -1.20. The number of aliphatic carboxylic acids is 1. The van der Waals surface area contributed by atoms with Gasteiger partial charge in [-0.1, -0.05) is 0 Å². The second-order valence-corrected chi connectivity index (χ2v) is 3.57. The van der Waals surface area contributed by atoms with Crippen LogP contribution in [0.15, 0.2) is 0 Å². The summed E-state index contributed by atoms with van der Waals surface area (Å²) in [6, 6.07) is 0. The Balaban J connectivity index is 2.77. The SMILES string of the molecule is CCOC(=O)C1CC(F)(F)CC1C(=O)O. The largest absolute Gasteiger partial charge is 0.481 e. The zero-order valence-corrected chi connectivity index (χ0v) is 8.20. The summed E-state index contributed by atoms with van der Waals surface area (Å²) in [5.74, 6) is -7.86. The predicted octanol–water partition coefficient (Wildman–Crippen LogP) is 1.30. The van der Waals surface area contributed by atoms with Gasteiger partial charge in [0.2, 0.25) is 5.92 Å². The van der Waals surface area contributed by atoms with Gasteiger partial charge in [0.15, 0.2) is 0 Å². The van der Waals surface area contributed by atoms with E-state index in [0.717, 1.165) is 0 Å². The summed E-state index contributed by atoms with van der Waals surface area (Å²) in [6.45, 7) is 1.61. The average molecular weight is 222 g/mol. The van der Waals surface area contributed by atoms with E-state index >= 15 is 0 Å². The van der Waals surface area contributed by atoms with Gasteiger partial charge in [-0.25, -0.2) is 8.78 Å². The zero-order valence-electron chi connectivity index (χ0n) is 8.20. The molecular formula is C9H12F2O4. The number of rotatable bonds is 3. The number of esters is 1. The zero-order chi connectivity index (χ0) is 11.6. The Kier molecular flexibility index (Phi) is 3.26. The highest BCUT2D eigenvalue weighted by atomic mass is 19.3. The minimum absolute atomic E-state index is 0.0627. The molecule has 0 aliphatic heterocycles. The molecule has 4 nitrogen and oxygen atoms in total. The van der Waals surface area contributed by atoms with Gasteiger partial charge in [-0.2, -0.15) is 0 Å². The molecule has 0 saturated heterocycles. The maximum atomic E-state index is 12.9. The van der Waals surface area contributed by atoms with Crippen molar-refractivity contribution in [1.82, 2.24) is 0 Å². The third-order valence-electron chi connectivity index (χ3n) is 2.43. The summed E-state index contributed by atoms with van der Waals surface area (Å²) >= 11 is 0. The Bertz CT molecular complexity index is 277. The van der Waals surface area contributed by atoms with E-state index in [1.807, 2.05) is 0 Å². The number of ether oxygens (including phenoxy) is 1. The molecule has 2 atom stereocenters. The fourth-order valence-corrected chi connectivity index (χ4v) is 1.77. The van der Waals surface area contributed by atoms with E-state index in [0.29, 0.717) is 0 Å². The number of carboxylic acid groups (broad SMARTS) is 1. The second-order valence-electron chi connectivity index (χ2n) is 3.57. The molecule has 86 valence electrons. The molecule has 1 aliphatic rings. The molecular weight excluding hydrogens is 210 g/mol. The lowest BCUT2D eigenvalue weighted by atomic mass is 9.96. The van der Waals surface area contributed by atoms with Crippen molar-refractivity contribution >= 4 is 11.9 Å². The summed E-state index contributed by atoms with van der Waals surface area (Å²) in [4.78, 5) is 21.9. The Morgan fingerprint density at radius 3 is 2.40 bits per heavy atom. The molecule has 6 heteroatoms. The number of halogens is 2. The van der Waals surface area contributed by atoms with Crippen molar-refractivity contribution in [3.63, 3.8) is 0 Å². The molecule has 0 spiro atoms. The molecule has 1 saturated carbocycles. The maximum absolute atomic E-state index is 12.9. The topological polar surface area (TPSA) is 63.6 Å². The number of hydrogen-bond donors (Lipinski definition) is 1. The van der Waals surface area contributed by atoms with E-state index in [4.69, 9.17) is 5.11 Å². The lowest BCUT2D eigenvalue weighted by molar-refractivity contribution is -0.156. The van der Waals surface area contributed by atoms with Crippen LogP contribution >= 0.6 is 0 Å². The highest BCUT2D eigenvalue weighted by Crippen LogP contribution is 2.43. The van der Waals surface area contributed by atoms with Crippen molar-refractivity contribution in [3.8, 4) is 0 Å². The molecule has 1 fully saturated rings. The molecule has 0 radical (unpaired) electrons. The lowest BCUT2D eigenvalue weighted by Crippen LogP contribution is -2.26. The van der Waals surface area contributed by atoms with Crippen LogP contribution < -0.4 is 0 Å². The Labute approximate surface area is 85.2 Å². The van der Waals surface area contributed by atoms with Crippen LogP contribution in [0.5, 0.6) is 0 Å². The Morgan fingerprint density at radius 2 is 1.93 bits per heavy atom. The molecule has 0 heterocycles. The van der Waals surface area contributed by atoms with Crippen molar-refractivity contribution < 1.29 is 28.2 Å². The quantitative estimate of drug-likeness (QED) is 0.731. The third kappa shape index (κ3) is 2.64. The first-order valence-corrected chi connectivity index (χ1v) is 4.64. The van der Waals surface area contributed by atoms with E-state index in [1.54, 1.807) is 6.92 Å². The maximum Gasteiger partial charge on any atom is 0.310 e. The standard InChI is InChI=1S/C9H12F2O4/c1-2-15-8(14)6-4-9(10,11)3-5(6)7(12)13/h5-6H,2-4H2,1H3,(H,12,13). The van der Waals surface area contributed by atoms with Crippen molar-refractivity contribution in [1.29, 1.82) is 0 Å². The van der Waals surface area contributed by atoms with Crippen LogP contribution in [-0.4, -0.2) is 29.6 Å². The van der Waals surface area contributed by atoms with E-state index in [2.05, 4.69) is 4.74 Å². The van der Waals surface area contributed by atoms with Gasteiger partial charge in [0.25, 0.3) is 0 Å². The summed E-state index contributed by atoms with van der Waals surface area (Å²) in [7, 11) is 0. The van der Waals surface area contributed by atoms with Gasteiger partial charge in [-0.15, -0.1) is 0 Å². The van der Waals surface area contributed by atoms with Crippen LogP contribution in [0.2, 0.25) is 0 Å². The minimum atomic E-state index is -3.08. The number of alkyl halides is 2. The second kappa shape index (κ2) is 4.12. The molecule has 2 unspecified atom stereocenters. The fourth-order valence-electron chi connectivity index (χ4n) is 1.77. The molecule has 0 aromatic heterocycles. The number of carbonyl (C=O) groups excluding carboxylic acids is 1. The van der Waals surface area contributed by atoms with Crippen LogP contribution in [0.25, 0.3) is 0 Å². The number of hydrogen-bond acceptors (Lipinski definition) is 3. The van der Waals surface area contributed by atoms with Crippen LogP contribution in [0.1, 0.15) is 19.8 Å². The predicted molar refractivity (Wildman–Crippen MR) is 45.4 cm³/mol. The molecule has 1 N–H and O–H groups in total. The monoisotopic (exact) mass is 222 g/mol. The summed E-state index contributed by atoms with van der Waals surface area (Å²) in [6.07, 6.45) is -1.52. The van der Waals surface area contributed by atoms with E-state index in [-0.39, 0.29) is 6.61 Å². The van der Waals surface area contributed by atoms with E-state index in [1.165, 1.54) is 0 Å². The van der Waals surface area contributed by atoms with Crippen molar-refractivity contribution in [2.75, 3.05) is 6.61 Å². The first kappa shape index (κ1) is 11.9. The number of carbonyl (C=O) groups is 2. The fraction of sp³-hybridized carbons (Fsp3) is 0.778. The van der Waals surface area contributed by atoms with Crippen molar-refractivity contribution in [3.05, 3.63) is 0 Å². The summed E-state index contributed by atoms with van der Waals surface area (Å²) in [5, 5.41) is 8.69. The van der Waals surface area contributed by atoms with Crippen molar-refractivity contribution in [2.24, 2.45) is 11.8 Å².